The van der Waals surface area contributed by atoms with Crippen LogP contribution in [-0.2, 0) is 4.79 Å². The van der Waals surface area contributed by atoms with Gasteiger partial charge in [-0.05, 0) is 32.1 Å². The Morgan fingerprint density at radius 3 is 1.36 bits per heavy atom. The van der Waals surface area contributed by atoms with Gasteiger partial charge in [0.1, 0.15) is 6.10 Å². The fourth-order valence-corrected chi connectivity index (χ4v) is 5.91. The van der Waals surface area contributed by atoms with Crippen LogP contribution in [0.5, 0.6) is 0 Å². The topological polar surface area (TPSA) is 89.8 Å². The second-order valence-electron chi connectivity index (χ2n) is 13.5. The summed E-state index contributed by atoms with van der Waals surface area (Å²) in [4.78, 5) is 12.4. The molecule has 0 rings (SSSR count). The summed E-state index contributed by atoms with van der Waals surface area (Å²) in [5.41, 5.74) is 0. The Hall–Kier alpha value is -1.17. The number of allylic oxidation sites excluding steroid dienone is 3. The number of carbonyl (C=O) groups excluding carboxylic acids is 1. The van der Waals surface area contributed by atoms with Gasteiger partial charge in [-0.1, -0.05) is 192 Å². The van der Waals surface area contributed by atoms with E-state index in [4.69, 9.17) is 0 Å². The minimum absolute atomic E-state index is 0.374. The maximum atomic E-state index is 12.4. The fourth-order valence-electron chi connectivity index (χ4n) is 5.91. The highest BCUT2D eigenvalue weighted by atomic mass is 16.3. The van der Waals surface area contributed by atoms with Crippen molar-refractivity contribution in [1.82, 2.24) is 5.32 Å². The summed E-state index contributed by atoms with van der Waals surface area (Å²) in [5, 5.41) is 32.9. The van der Waals surface area contributed by atoms with E-state index in [1.807, 2.05) is 6.08 Å². The molecule has 0 aromatic heterocycles. The molecule has 45 heavy (non-hydrogen) atoms. The van der Waals surface area contributed by atoms with E-state index in [9.17, 15) is 20.1 Å². The van der Waals surface area contributed by atoms with Crippen LogP contribution in [0.2, 0.25) is 0 Å². The number of carbonyl (C=O) groups is 1. The lowest BCUT2D eigenvalue weighted by Gasteiger charge is -2.21. The van der Waals surface area contributed by atoms with Crippen molar-refractivity contribution in [2.24, 2.45) is 0 Å². The van der Waals surface area contributed by atoms with Crippen LogP contribution < -0.4 is 5.32 Å². The lowest BCUT2D eigenvalue weighted by molar-refractivity contribution is -0.131. The van der Waals surface area contributed by atoms with Gasteiger partial charge in [-0.15, -0.1) is 0 Å². The summed E-state index contributed by atoms with van der Waals surface area (Å²) in [5.74, 6) is -0.513. The van der Waals surface area contributed by atoms with Crippen LogP contribution >= 0.6 is 0 Å². The molecule has 0 aromatic carbocycles. The molecule has 3 atom stereocenters. The maximum Gasteiger partial charge on any atom is 0.249 e. The summed E-state index contributed by atoms with van der Waals surface area (Å²) in [7, 11) is 0. The molecule has 4 N–H and O–H groups in total. The van der Waals surface area contributed by atoms with E-state index < -0.39 is 24.2 Å². The molecule has 1 amide bonds. The van der Waals surface area contributed by atoms with Crippen molar-refractivity contribution in [3.05, 3.63) is 24.3 Å². The van der Waals surface area contributed by atoms with E-state index >= 15 is 0 Å². The van der Waals surface area contributed by atoms with Crippen LogP contribution in [0.3, 0.4) is 0 Å². The molecule has 0 heterocycles. The molecule has 0 aliphatic rings. The minimum atomic E-state index is -1.10. The number of aliphatic hydroxyl groups is 3. The summed E-state index contributed by atoms with van der Waals surface area (Å²) in [6.07, 6.45) is 42.1. The molecular weight excluding hydrogens is 558 g/mol. The lowest BCUT2D eigenvalue weighted by Crippen LogP contribution is -2.48. The number of hydrogen-bond donors (Lipinski definition) is 4. The minimum Gasteiger partial charge on any atom is -0.394 e. The van der Waals surface area contributed by atoms with Gasteiger partial charge in [0.15, 0.2) is 0 Å². The summed E-state index contributed by atoms with van der Waals surface area (Å²) < 4.78 is 0. The zero-order valence-electron chi connectivity index (χ0n) is 30.0. The van der Waals surface area contributed by atoms with Crippen LogP contribution in [0.25, 0.3) is 0 Å². The quantitative estimate of drug-likeness (QED) is 0.0412. The van der Waals surface area contributed by atoms with Crippen LogP contribution in [0.15, 0.2) is 24.3 Å². The third-order valence-corrected chi connectivity index (χ3v) is 9.04. The van der Waals surface area contributed by atoms with E-state index in [1.165, 1.54) is 141 Å². The van der Waals surface area contributed by atoms with E-state index in [0.717, 1.165) is 38.5 Å². The molecule has 266 valence electrons. The van der Waals surface area contributed by atoms with Gasteiger partial charge in [0.05, 0.1) is 18.8 Å². The monoisotopic (exact) mass is 636 g/mol. The van der Waals surface area contributed by atoms with Gasteiger partial charge in [-0.3, -0.25) is 4.79 Å². The molecule has 0 spiro atoms. The van der Waals surface area contributed by atoms with E-state index in [-0.39, 0.29) is 6.61 Å². The molecule has 0 radical (unpaired) electrons. The van der Waals surface area contributed by atoms with Crippen LogP contribution in [0.1, 0.15) is 200 Å². The molecule has 0 aliphatic carbocycles. The second kappa shape index (κ2) is 35.7. The Morgan fingerprint density at radius 1 is 0.533 bits per heavy atom. The van der Waals surface area contributed by atoms with Crippen molar-refractivity contribution >= 4 is 5.91 Å². The molecule has 0 fully saturated rings. The first-order chi connectivity index (χ1) is 22.1. The van der Waals surface area contributed by atoms with Crippen molar-refractivity contribution in [3.8, 4) is 0 Å². The number of amides is 1. The predicted octanol–water partition coefficient (Wildman–Crippen LogP) is 10.7. The number of hydrogen-bond acceptors (Lipinski definition) is 4. The predicted molar refractivity (Wildman–Crippen MR) is 195 cm³/mol. The Balaban J connectivity index is 3.64. The number of rotatable bonds is 35. The Bertz CT molecular complexity index is 665. The van der Waals surface area contributed by atoms with Gasteiger partial charge >= 0.3 is 0 Å². The molecule has 0 aromatic rings. The molecule has 0 saturated carbocycles. The SMILES string of the molecule is CCCCCC/C=C/CC/C=C/C(O)C(CO)NC(=O)C(O)CCCCCCCCCCCCCCCCCCCCCCC. The van der Waals surface area contributed by atoms with Crippen LogP contribution in [-0.4, -0.2) is 46.1 Å². The second-order valence-corrected chi connectivity index (χ2v) is 13.5. The van der Waals surface area contributed by atoms with Crippen molar-refractivity contribution in [1.29, 1.82) is 0 Å². The fraction of sp³-hybridized carbons (Fsp3) is 0.875. The average molecular weight is 636 g/mol. The number of aliphatic hydroxyl groups excluding tert-OH is 3. The smallest absolute Gasteiger partial charge is 0.249 e. The normalized spacial score (nSPS) is 14.0. The molecule has 5 nitrogen and oxygen atoms in total. The third kappa shape index (κ3) is 31.2. The Morgan fingerprint density at radius 2 is 0.911 bits per heavy atom. The summed E-state index contributed by atoms with van der Waals surface area (Å²) in [6.45, 7) is 4.13. The Kier molecular flexibility index (Phi) is 34.8. The third-order valence-electron chi connectivity index (χ3n) is 9.04. The molecule has 0 aliphatic heterocycles. The first-order valence-electron chi connectivity index (χ1n) is 19.7. The number of unbranched alkanes of at least 4 members (excludes halogenated alkanes) is 25. The molecule has 0 saturated heterocycles. The molecule has 5 heteroatoms. The highest BCUT2D eigenvalue weighted by molar-refractivity contribution is 5.80. The van der Waals surface area contributed by atoms with Crippen molar-refractivity contribution in [2.45, 2.75) is 218 Å². The molecule has 0 bridgehead atoms. The standard InChI is InChI=1S/C40H77NO4/c1-3-5-7-9-11-13-15-16-17-18-19-20-21-22-23-24-25-27-29-31-33-35-39(44)40(45)41-37(36-42)38(43)34-32-30-28-26-14-12-10-8-6-4-2/h14,26,32,34,37-39,42-44H,3-13,15-25,27-31,33,35-36H2,1-2H3,(H,41,45)/b26-14+,34-32+. The molecular formula is C40H77NO4. The van der Waals surface area contributed by atoms with Gasteiger partial charge < -0.3 is 20.6 Å². The van der Waals surface area contributed by atoms with Gasteiger partial charge in [0.2, 0.25) is 5.91 Å². The first kappa shape index (κ1) is 43.8. The average Bonchev–Trinajstić information content (AvgIpc) is 3.04. The van der Waals surface area contributed by atoms with Crippen LogP contribution in [0.4, 0.5) is 0 Å². The summed E-state index contributed by atoms with van der Waals surface area (Å²) >= 11 is 0. The van der Waals surface area contributed by atoms with Gasteiger partial charge in [0.25, 0.3) is 0 Å². The van der Waals surface area contributed by atoms with E-state index in [1.54, 1.807) is 6.08 Å². The van der Waals surface area contributed by atoms with Gasteiger partial charge in [-0.25, -0.2) is 0 Å². The van der Waals surface area contributed by atoms with Crippen molar-refractivity contribution < 1.29 is 20.1 Å². The maximum absolute atomic E-state index is 12.4. The van der Waals surface area contributed by atoms with E-state index in [2.05, 4.69) is 31.3 Å². The largest absolute Gasteiger partial charge is 0.394 e. The zero-order chi connectivity index (χ0) is 33.1. The van der Waals surface area contributed by atoms with Gasteiger partial charge in [-0.2, -0.15) is 0 Å². The molecule has 3 unspecified atom stereocenters. The zero-order valence-corrected chi connectivity index (χ0v) is 30.0. The van der Waals surface area contributed by atoms with Gasteiger partial charge in [0, 0.05) is 0 Å². The Labute approximate surface area is 280 Å². The van der Waals surface area contributed by atoms with Crippen molar-refractivity contribution in [3.63, 3.8) is 0 Å². The van der Waals surface area contributed by atoms with Crippen LogP contribution in [0, 0.1) is 0 Å². The highest BCUT2D eigenvalue weighted by Crippen LogP contribution is 2.16. The first-order valence-corrected chi connectivity index (χ1v) is 19.7. The van der Waals surface area contributed by atoms with E-state index in [0.29, 0.717) is 6.42 Å². The lowest BCUT2D eigenvalue weighted by atomic mass is 10.0. The van der Waals surface area contributed by atoms with Crippen molar-refractivity contribution in [2.75, 3.05) is 6.61 Å². The number of nitrogens with one attached hydrogen (secondary N) is 1. The summed E-state index contributed by atoms with van der Waals surface area (Å²) in [6, 6.07) is -0.808. The highest BCUT2D eigenvalue weighted by Gasteiger charge is 2.22.